The van der Waals surface area contributed by atoms with Gasteiger partial charge in [0.15, 0.2) is 0 Å². The molecule has 11 heavy (non-hydrogen) atoms. The molecule has 0 aliphatic heterocycles. The van der Waals surface area contributed by atoms with E-state index in [9.17, 15) is 5.11 Å². The first kappa shape index (κ1) is 11.9. The summed E-state index contributed by atoms with van der Waals surface area (Å²) in [4.78, 5) is 0. The SMILES string of the molecule is [B]CC1C(O)CC(=C)C1[CH2-].[Y]. The van der Waals surface area contributed by atoms with E-state index in [0.29, 0.717) is 12.7 Å². The van der Waals surface area contributed by atoms with Crippen molar-refractivity contribution in [2.45, 2.75) is 18.8 Å². The minimum Gasteiger partial charge on any atom is -0.393 e. The van der Waals surface area contributed by atoms with Crippen molar-refractivity contribution in [2.75, 3.05) is 0 Å². The van der Waals surface area contributed by atoms with Crippen molar-refractivity contribution in [2.24, 2.45) is 11.8 Å². The first-order valence-electron chi connectivity index (χ1n) is 3.55. The fourth-order valence-electron chi connectivity index (χ4n) is 1.46. The molecule has 0 saturated heterocycles. The van der Waals surface area contributed by atoms with Crippen LogP contribution in [-0.2, 0) is 32.7 Å². The Balaban J connectivity index is 0.000001000. The second kappa shape index (κ2) is 4.79. The molecule has 3 unspecified atom stereocenters. The van der Waals surface area contributed by atoms with Gasteiger partial charge < -0.3 is 12.0 Å². The predicted molar refractivity (Wildman–Crippen MR) is 42.7 cm³/mol. The van der Waals surface area contributed by atoms with Crippen LogP contribution in [0.3, 0.4) is 0 Å². The van der Waals surface area contributed by atoms with Crippen molar-refractivity contribution in [1.82, 2.24) is 0 Å². The first-order chi connectivity index (χ1) is 4.66. The molecule has 0 aromatic heterocycles. The molecule has 3 atom stereocenters. The Labute approximate surface area is 94.9 Å². The summed E-state index contributed by atoms with van der Waals surface area (Å²) < 4.78 is 0. The van der Waals surface area contributed by atoms with Crippen LogP contribution in [0.4, 0.5) is 0 Å². The second-order valence-corrected chi connectivity index (χ2v) is 2.94. The van der Waals surface area contributed by atoms with Crippen LogP contribution in [-0.4, -0.2) is 19.1 Å². The van der Waals surface area contributed by atoms with Gasteiger partial charge in [0.1, 0.15) is 0 Å². The minimum atomic E-state index is -0.306. The maximum Gasteiger partial charge on any atom is 0.0657 e. The van der Waals surface area contributed by atoms with Crippen LogP contribution in [0, 0.1) is 18.8 Å². The first-order valence-corrected chi connectivity index (χ1v) is 3.55. The number of hydrogen-bond acceptors (Lipinski definition) is 1. The van der Waals surface area contributed by atoms with Crippen molar-refractivity contribution in [1.29, 1.82) is 0 Å². The Hall–Kier alpha value is 0.869. The molecule has 57 valence electrons. The maximum absolute atomic E-state index is 9.35. The van der Waals surface area contributed by atoms with E-state index in [1.807, 2.05) is 0 Å². The number of hydrogen-bond donors (Lipinski definition) is 1. The van der Waals surface area contributed by atoms with Crippen LogP contribution >= 0.6 is 0 Å². The predicted octanol–water partition coefficient (Wildman–Crippen LogP) is 0.958. The summed E-state index contributed by atoms with van der Waals surface area (Å²) in [5.41, 5.74) is 1.03. The molecule has 0 spiro atoms. The average molecular weight is 224 g/mol. The van der Waals surface area contributed by atoms with Gasteiger partial charge in [-0.15, -0.1) is 18.1 Å². The number of rotatable bonds is 1. The molecule has 0 heterocycles. The summed E-state index contributed by atoms with van der Waals surface area (Å²) in [7, 11) is 5.44. The molecular weight excluding hydrogens is 212 g/mol. The minimum absolute atomic E-state index is 0. The Bertz CT molecular complexity index is 149. The van der Waals surface area contributed by atoms with Gasteiger partial charge in [-0.1, -0.05) is 6.32 Å². The van der Waals surface area contributed by atoms with Crippen LogP contribution in [0.2, 0.25) is 6.32 Å². The van der Waals surface area contributed by atoms with Crippen LogP contribution in [0.25, 0.3) is 0 Å². The van der Waals surface area contributed by atoms with E-state index in [4.69, 9.17) is 7.85 Å². The van der Waals surface area contributed by atoms with Crippen molar-refractivity contribution in [3.05, 3.63) is 19.1 Å². The van der Waals surface area contributed by atoms with E-state index >= 15 is 0 Å². The van der Waals surface area contributed by atoms with Crippen molar-refractivity contribution in [3.8, 4) is 0 Å². The molecule has 1 rings (SSSR count). The Kier molecular flexibility index (Phi) is 5.17. The molecule has 0 aromatic carbocycles. The molecular formula is C8H12BOY-. The summed E-state index contributed by atoms with van der Waals surface area (Å²) in [5, 5.41) is 9.35. The van der Waals surface area contributed by atoms with Crippen LogP contribution < -0.4 is 0 Å². The summed E-state index contributed by atoms with van der Waals surface area (Å²) in [6.07, 6.45) is 0.879. The van der Waals surface area contributed by atoms with E-state index in [1.165, 1.54) is 0 Å². The fourth-order valence-corrected chi connectivity index (χ4v) is 1.46. The van der Waals surface area contributed by atoms with E-state index in [0.717, 1.165) is 5.57 Å². The van der Waals surface area contributed by atoms with Crippen molar-refractivity contribution in [3.63, 3.8) is 0 Å². The Morgan fingerprint density at radius 2 is 2.27 bits per heavy atom. The van der Waals surface area contributed by atoms with E-state index in [1.54, 1.807) is 0 Å². The van der Waals surface area contributed by atoms with Crippen molar-refractivity contribution >= 4 is 7.85 Å². The zero-order valence-electron chi connectivity index (χ0n) is 6.66. The fraction of sp³-hybridized carbons (Fsp3) is 0.625. The van der Waals surface area contributed by atoms with Crippen LogP contribution in [0.1, 0.15) is 6.42 Å². The molecule has 3 heteroatoms. The summed E-state index contributed by atoms with van der Waals surface area (Å²) in [6.45, 7) is 7.69. The molecule has 1 aliphatic rings. The van der Waals surface area contributed by atoms with Gasteiger partial charge in [0, 0.05) is 32.7 Å². The standard InChI is InChI=1S/C8H12BO.Y/c1-5-3-8(10)7(4-9)6(5)2;/h6-8,10H,1-4H2;/q-1;. The van der Waals surface area contributed by atoms with Gasteiger partial charge in [0.05, 0.1) is 14.0 Å². The Morgan fingerprint density at radius 1 is 1.73 bits per heavy atom. The number of aliphatic hydroxyl groups is 1. The molecule has 1 nitrogen and oxygen atoms in total. The molecule has 1 fully saturated rings. The van der Waals surface area contributed by atoms with E-state index in [2.05, 4.69) is 13.5 Å². The average Bonchev–Trinajstić information content (AvgIpc) is 2.09. The van der Waals surface area contributed by atoms with E-state index < -0.39 is 0 Å². The normalized spacial score (nSPS) is 36.9. The monoisotopic (exact) mass is 224 g/mol. The molecule has 1 saturated carbocycles. The van der Waals surface area contributed by atoms with Crippen LogP contribution in [0.15, 0.2) is 12.2 Å². The van der Waals surface area contributed by atoms with Crippen LogP contribution in [0.5, 0.6) is 0 Å². The third-order valence-electron chi connectivity index (χ3n) is 2.28. The summed E-state index contributed by atoms with van der Waals surface area (Å²) >= 11 is 0. The maximum atomic E-state index is 9.35. The van der Waals surface area contributed by atoms with Gasteiger partial charge >= 0.3 is 0 Å². The van der Waals surface area contributed by atoms with Gasteiger partial charge in [-0.2, -0.15) is 0 Å². The van der Waals surface area contributed by atoms with Crippen molar-refractivity contribution < 1.29 is 37.8 Å². The molecule has 1 aliphatic carbocycles. The van der Waals surface area contributed by atoms with Gasteiger partial charge in [-0.25, -0.2) is 0 Å². The third kappa shape index (κ3) is 2.40. The molecule has 1 N–H and O–H groups in total. The van der Waals surface area contributed by atoms with Gasteiger partial charge in [0.25, 0.3) is 0 Å². The zero-order valence-corrected chi connectivity index (χ0v) is 9.50. The topological polar surface area (TPSA) is 20.2 Å². The second-order valence-electron chi connectivity index (χ2n) is 2.94. The smallest absolute Gasteiger partial charge is 0.0657 e. The molecule has 0 amide bonds. The van der Waals surface area contributed by atoms with Gasteiger partial charge in [0.2, 0.25) is 0 Å². The Morgan fingerprint density at radius 3 is 2.45 bits per heavy atom. The summed E-state index contributed by atoms with van der Waals surface area (Å²) in [6, 6.07) is 0. The molecule has 0 aromatic rings. The molecule has 3 radical (unpaired) electrons. The van der Waals surface area contributed by atoms with E-state index in [-0.39, 0.29) is 50.6 Å². The van der Waals surface area contributed by atoms with Gasteiger partial charge in [-0.3, -0.25) is 0 Å². The summed E-state index contributed by atoms with van der Waals surface area (Å²) in [5.74, 6) is 0.285. The third-order valence-corrected chi connectivity index (χ3v) is 2.28. The zero-order chi connectivity index (χ0) is 7.72. The largest absolute Gasteiger partial charge is 0.393 e. The molecule has 0 bridgehead atoms. The number of aliphatic hydroxyl groups excluding tert-OH is 1. The quantitative estimate of drug-likeness (QED) is 0.399. The van der Waals surface area contributed by atoms with Gasteiger partial charge in [-0.05, 0) is 12.3 Å².